The van der Waals surface area contributed by atoms with Gasteiger partial charge in [0.15, 0.2) is 0 Å². The maximum absolute atomic E-state index is 10.8. The van der Waals surface area contributed by atoms with Crippen molar-refractivity contribution in [3.8, 4) is 0 Å². The zero-order valence-corrected chi connectivity index (χ0v) is 8.05. The van der Waals surface area contributed by atoms with Gasteiger partial charge in [0.05, 0.1) is 0 Å². The first-order valence-electron chi connectivity index (χ1n) is 4.12. The highest BCUT2D eigenvalue weighted by Gasteiger charge is 2.27. The summed E-state index contributed by atoms with van der Waals surface area (Å²) in [6.07, 6.45) is 0. The quantitative estimate of drug-likeness (QED) is 0.685. The topological polar surface area (TPSA) is 52.6 Å². The molecule has 0 bridgehead atoms. The minimum Gasteiger partial charge on any atom is -0.480 e. The lowest BCUT2D eigenvalue weighted by molar-refractivity contribution is -0.143. The Bertz CT molecular complexity index is 220. The van der Waals surface area contributed by atoms with Gasteiger partial charge in [-0.05, 0) is 0 Å². The Morgan fingerprint density at radius 3 is 3.00 bits per heavy atom. The van der Waals surface area contributed by atoms with Gasteiger partial charge in [0.25, 0.3) is 0 Å². The van der Waals surface area contributed by atoms with Gasteiger partial charge in [-0.1, -0.05) is 18.2 Å². The molecule has 13 heavy (non-hydrogen) atoms. The van der Waals surface area contributed by atoms with Crippen LogP contribution in [0.15, 0.2) is 11.6 Å². The van der Waals surface area contributed by atoms with Crippen molar-refractivity contribution < 1.29 is 9.90 Å². The van der Waals surface area contributed by atoms with Crippen LogP contribution in [-0.2, 0) is 4.79 Å². The number of hydrogen-bond acceptors (Lipinski definition) is 3. The Hall–Kier alpha value is -0.580. The van der Waals surface area contributed by atoms with E-state index in [9.17, 15) is 4.79 Å². The van der Waals surface area contributed by atoms with Crippen LogP contribution in [0.1, 0.15) is 0 Å². The predicted molar refractivity (Wildman–Crippen MR) is 50.9 cm³/mol. The lowest BCUT2D eigenvalue weighted by Gasteiger charge is -2.32. The van der Waals surface area contributed by atoms with Crippen LogP contribution in [0.25, 0.3) is 0 Å². The second kappa shape index (κ2) is 4.60. The van der Waals surface area contributed by atoms with Crippen molar-refractivity contribution in [2.24, 2.45) is 0 Å². The molecule has 2 N–H and O–H groups in total. The van der Waals surface area contributed by atoms with E-state index in [-0.39, 0.29) is 0 Å². The third kappa shape index (κ3) is 2.99. The summed E-state index contributed by atoms with van der Waals surface area (Å²) in [5.74, 6) is -0.815. The summed E-state index contributed by atoms with van der Waals surface area (Å²) in [6.45, 7) is 5.97. The molecule has 0 saturated carbocycles. The average Bonchev–Trinajstić information content (AvgIpc) is 2.03. The van der Waals surface area contributed by atoms with E-state index < -0.39 is 12.0 Å². The first-order valence-corrected chi connectivity index (χ1v) is 4.50. The molecule has 1 fully saturated rings. The number of carbonyl (C=O) groups is 1. The second-order valence-corrected chi connectivity index (χ2v) is 3.58. The van der Waals surface area contributed by atoms with Gasteiger partial charge in [-0.25, -0.2) is 0 Å². The molecular weight excluding hydrogens is 192 g/mol. The third-order valence-electron chi connectivity index (χ3n) is 2.01. The summed E-state index contributed by atoms with van der Waals surface area (Å²) >= 11 is 5.63. The van der Waals surface area contributed by atoms with Crippen molar-refractivity contribution in [2.45, 2.75) is 6.04 Å². The summed E-state index contributed by atoms with van der Waals surface area (Å²) in [5.41, 5.74) is 0. The Balaban J connectivity index is 2.56. The van der Waals surface area contributed by atoms with Gasteiger partial charge in [0, 0.05) is 31.2 Å². The molecule has 0 aliphatic carbocycles. The number of nitrogens with zero attached hydrogens (tertiary/aromatic N) is 1. The molecule has 5 heteroatoms. The van der Waals surface area contributed by atoms with Crippen molar-refractivity contribution in [3.63, 3.8) is 0 Å². The molecule has 1 unspecified atom stereocenters. The Kier molecular flexibility index (Phi) is 3.71. The van der Waals surface area contributed by atoms with Crippen LogP contribution in [0.4, 0.5) is 0 Å². The van der Waals surface area contributed by atoms with E-state index in [1.54, 1.807) is 0 Å². The zero-order chi connectivity index (χ0) is 9.84. The number of hydrogen-bond donors (Lipinski definition) is 2. The molecule has 1 aliphatic rings. The number of nitrogens with one attached hydrogen (secondary N) is 1. The largest absolute Gasteiger partial charge is 0.480 e. The summed E-state index contributed by atoms with van der Waals surface area (Å²) in [7, 11) is 0. The van der Waals surface area contributed by atoms with E-state index in [0.29, 0.717) is 24.7 Å². The number of piperazine rings is 1. The van der Waals surface area contributed by atoms with E-state index >= 15 is 0 Å². The molecule has 0 aromatic heterocycles. The van der Waals surface area contributed by atoms with Crippen LogP contribution in [0, 0.1) is 0 Å². The van der Waals surface area contributed by atoms with Crippen molar-refractivity contribution in [3.05, 3.63) is 11.6 Å². The molecule has 1 saturated heterocycles. The number of halogens is 1. The molecule has 0 spiro atoms. The van der Waals surface area contributed by atoms with Gasteiger partial charge in [-0.3, -0.25) is 9.69 Å². The molecule has 0 aromatic carbocycles. The van der Waals surface area contributed by atoms with Crippen LogP contribution >= 0.6 is 11.6 Å². The summed E-state index contributed by atoms with van der Waals surface area (Å²) < 4.78 is 0. The van der Waals surface area contributed by atoms with Gasteiger partial charge in [-0.2, -0.15) is 0 Å². The maximum atomic E-state index is 10.8. The maximum Gasteiger partial charge on any atom is 0.322 e. The minimum atomic E-state index is -0.815. The second-order valence-electron chi connectivity index (χ2n) is 3.05. The molecule has 74 valence electrons. The van der Waals surface area contributed by atoms with Crippen LogP contribution in [0.3, 0.4) is 0 Å². The molecule has 4 nitrogen and oxygen atoms in total. The highest BCUT2D eigenvalue weighted by Crippen LogP contribution is 2.08. The normalized spacial score (nSPS) is 24.2. The molecule has 0 aromatic rings. The predicted octanol–water partition coefficient (Wildman–Crippen LogP) is 0.0973. The average molecular weight is 205 g/mol. The molecule has 0 radical (unpaired) electrons. The van der Waals surface area contributed by atoms with Crippen LogP contribution < -0.4 is 5.32 Å². The SMILES string of the molecule is C=C(Cl)CN1CCNCC1C(=O)O. The van der Waals surface area contributed by atoms with Crippen molar-refractivity contribution in [2.75, 3.05) is 26.2 Å². The monoisotopic (exact) mass is 204 g/mol. The van der Waals surface area contributed by atoms with Crippen molar-refractivity contribution in [1.29, 1.82) is 0 Å². The lowest BCUT2D eigenvalue weighted by Crippen LogP contribution is -2.55. The van der Waals surface area contributed by atoms with Crippen molar-refractivity contribution in [1.82, 2.24) is 10.2 Å². The Morgan fingerprint density at radius 1 is 1.77 bits per heavy atom. The fraction of sp³-hybridized carbons (Fsp3) is 0.625. The van der Waals surface area contributed by atoms with Gasteiger partial charge in [0.1, 0.15) is 6.04 Å². The minimum absolute atomic E-state index is 0.445. The van der Waals surface area contributed by atoms with E-state index in [4.69, 9.17) is 16.7 Å². The van der Waals surface area contributed by atoms with Gasteiger partial charge < -0.3 is 10.4 Å². The summed E-state index contributed by atoms with van der Waals surface area (Å²) in [4.78, 5) is 12.6. The van der Waals surface area contributed by atoms with Crippen LogP contribution in [-0.4, -0.2) is 48.2 Å². The highest BCUT2D eigenvalue weighted by atomic mass is 35.5. The van der Waals surface area contributed by atoms with E-state index in [0.717, 1.165) is 6.54 Å². The zero-order valence-electron chi connectivity index (χ0n) is 7.29. The smallest absolute Gasteiger partial charge is 0.322 e. The molecular formula is C8H13ClN2O2. The molecule has 1 rings (SSSR count). The molecule has 1 atom stereocenters. The summed E-state index contributed by atoms with van der Waals surface area (Å²) in [5, 5.41) is 12.4. The fourth-order valence-electron chi connectivity index (χ4n) is 1.40. The first-order chi connectivity index (χ1) is 6.11. The van der Waals surface area contributed by atoms with Gasteiger partial charge >= 0.3 is 5.97 Å². The van der Waals surface area contributed by atoms with Crippen LogP contribution in [0.5, 0.6) is 0 Å². The van der Waals surface area contributed by atoms with E-state index in [1.165, 1.54) is 0 Å². The highest BCUT2D eigenvalue weighted by molar-refractivity contribution is 6.29. The Labute approximate surface area is 82.2 Å². The molecule has 0 amide bonds. The van der Waals surface area contributed by atoms with E-state index in [1.807, 2.05) is 4.90 Å². The number of aliphatic carboxylic acids is 1. The third-order valence-corrected chi connectivity index (χ3v) is 2.13. The molecule has 1 aliphatic heterocycles. The van der Waals surface area contributed by atoms with E-state index in [2.05, 4.69) is 11.9 Å². The molecule has 1 heterocycles. The van der Waals surface area contributed by atoms with Crippen molar-refractivity contribution >= 4 is 17.6 Å². The number of rotatable bonds is 3. The van der Waals surface area contributed by atoms with Gasteiger partial charge in [-0.15, -0.1) is 0 Å². The fourth-order valence-corrected chi connectivity index (χ4v) is 1.55. The first kappa shape index (κ1) is 10.5. The lowest BCUT2D eigenvalue weighted by atomic mass is 10.2. The number of carboxylic acid groups (broad SMARTS) is 1. The standard InChI is InChI=1S/C8H13ClN2O2/c1-6(9)5-11-3-2-10-4-7(11)8(12)13/h7,10H,1-5H2,(H,12,13). The van der Waals surface area contributed by atoms with Crippen LogP contribution in [0.2, 0.25) is 0 Å². The van der Waals surface area contributed by atoms with Gasteiger partial charge in [0.2, 0.25) is 0 Å². The Morgan fingerprint density at radius 2 is 2.46 bits per heavy atom. The number of carboxylic acids is 1. The summed E-state index contributed by atoms with van der Waals surface area (Å²) in [6, 6.07) is -0.482.